The summed E-state index contributed by atoms with van der Waals surface area (Å²) in [5.74, 6) is -1.01. The van der Waals surface area contributed by atoms with Gasteiger partial charge in [-0.15, -0.1) is 0 Å². The predicted molar refractivity (Wildman–Crippen MR) is 109 cm³/mol. The molecular formula is C22H20N4O3. The first-order chi connectivity index (χ1) is 14.2. The number of para-hydroxylation sites is 1. The first kappa shape index (κ1) is 19.8. The van der Waals surface area contributed by atoms with Crippen LogP contribution in [0.25, 0.3) is 0 Å². The molecule has 0 spiro atoms. The molecule has 0 saturated carbocycles. The number of nitrogens with one attached hydrogen (secondary N) is 2. The number of rotatable bonds is 7. The molecule has 146 valence electrons. The molecule has 0 atom stereocenters. The summed E-state index contributed by atoms with van der Waals surface area (Å²) in [4.78, 5) is 27.7. The molecule has 0 fully saturated rings. The topological polar surface area (TPSA) is 92.7 Å². The average molecular weight is 388 g/mol. The average Bonchev–Trinajstić information content (AvgIpc) is 2.78. The van der Waals surface area contributed by atoms with Crippen LogP contribution < -0.4 is 15.5 Å². The van der Waals surface area contributed by atoms with Crippen LogP contribution in [0.1, 0.15) is 16.7 Å². The number of hydrazone groups is 1. The van der Waals surface area contributed by atoms with E-state index >= 15 is 0 Å². The van der Waals surface area contributed by atoms with Crippen LogP contribution in [0.2, 0.25) is 0 Å². The van der Waals surface area contributed by atoms with Gasteiger partial charge in [-0.05, 0) is 29.3 Å². The summed E-state index contributed by atoms with van der Waals surface area (Å²) < 4.78 is 5.83. The molecular weight excluding hydrogens is 368 g/mol. The molecule has 2 amide bonds. The highest BCUT2D eigenvalue weighted by Gasteiger charge is 2.12. The fraction of sp³-hybridized carbons (Fsp3) is 0.0909. The molecule has 0 aliphatic carbocycles. The van der Waals surface area contributed by atoms with E-state index in [9.17, 15) is 9.59 Å². The molecule has 0 saturated heterocycles. The predicted octanol–water partition coefficient (Wildman–Crippen LogP) is 2.43. The lowest BCUT2D eigenvalue weighted by Crippen LogP contribution is -2.37. The minimum Gasteiger partial charge on any atom is -0.488 e. The van der Waals surface area contributed by atoms with Gasteiger partial charge in [-0.2, -0.15) is 5.10 Å². The van der Waals surface area contributed by atoms with Crippen molar-refractivity contribution < 1.29 is 14.3 Å². The summed E-state index contributed by atoms with van der Waals surface area (Å²) in [7, 11) is 0. The summed E-state index contributed by atoms with van der Waals surface area (Å²) in [5, 5.41) is 6.36. The van der Waals surface area contributed by atoms with Crippen molar-refractivity contribution in [2.24, 2.45) is 5.10 Å². The summed E-state index contributed by atoms with van der Waals surface area (Å²) >= 11 is 0. The maximum Gasteiger partial charge on any atom is 0.329 e. The van der Waals surface area contributed by atoms with Crippen LogP contribution in [0.5, 0.6) is 5.75 Å². The summed E-state index contributed by atoms with van der Waals surface area (Å²) in [5.41, 5.74) is 4.73. The van der Waals surface area contributed by atoms with Crippen LogP contribution in [-0.2, 0) is 22.7 Å². The molecule has 1 heterocycles. The third-order valence-electron chi connectivity index (χ3n) is 3.91. The maximum atomic E-state index is 11.9. The van der Waals surface area contributed by atoms with Gasteiger partial charge in [-0.3, -0.25) is 14.6 Å². The Morgan fingerprint density at radius 3 is 2.48 bits per heavy atom. The van der Waals surface area contributed by atoms with Crippen LogP contribution in [0.3, 0.4) is 0 Å². The highest BCUT2D eigenvalue weighted by Crippen LogP contribution is 2.17. The van der Waals surface area contributed by atoms with Crippen molar-refractivity contribution >= 4 is 18.0 Å². The molecule has 7 heteroatoms. The van der Waals surface area contributed by atoms with E-state index in [0.29, 0.717) is 17.9 Å². The zero-order valence-electron chi connectivity index (χ0n) is 15.6. The van der Waals surface area contributed by atoms with Crippen LogP contribution in [0.4, 0.5) is 0 Å². The Labute approximate surface area is 168 Å². The number of carbonyl (C=O) groups excluding carboxylic acids is 2. The maximum absolute atomic E-state index is 11.9. The van der Waals surface area contributed by atoms with E-state index in [-0.39, 0.29) is 6.54 Å². The first-order valence-corrected chi connectivity index (χ1v) is 8.98. The van der Waals surface area contributed by atoms with Crippen molar-refractivity contribution in [2.75, 3.05) is 0 Å². The van der Waals surface area contributed by atoms with Crippen LogP contribution in [-0.4, -0.2) is 23.0 Å². The molecule has 3 aromatic rings. The fourth-order valence-corrected chi connectivity index (χ4v) is 2.43. The minimum atomic E-state index is -0.854. The van der Waals surface area contributed by atoms with E-state index in [2.05, 4.69) is 20.8 Å². The van der Waals surface area contributed by atoms with Crippen molar-refractivity contribution in [1.29, 1.82) is 0 Å². The van der Waals surface area contributed by atoms with Gasteiger partial charge in [0.05, 0.1) is 6.21 Å². The van der Waals surface area contributed by atoms with Crippen molar-refractivity contribution in [1.82, 2.24) is 15.7 Å². The van der Waals surface area contributed by atoms with E-state index < -0.39 is 11.8 Å². The molecule has 0 unspecified atom stereocenters. The molecule has 1 aromatic heterocycles. The zero-order chi connectivity index (χ0) is 20.3. The Balaban J connectivity index is 1.51. The normalized spacial score (nSPS) is 10.5. The second kappa shape index (κ2) is 10.4. The van der Waals surface area contributed by atoms with Crippen molar-refractivity contribution in [3.05, 3.63) is 95.8 Å². The molecule has 3 rings (SSSR count). The molecule has 0 aliphatic heterocycles. The number of nitrogens with zero attached hydrogens (tertiary/aromatic N) is 2. The number of hydrogen-bond donors (Lipinski definition) is 2. The van der Waals surface area contributed by atoms with Crippen molar-refractivity contribution in [3.63, 3.8) is 0 Å². The summed E-state index contributed by atoms with van der Waals surface area (Å²) in [6.07, 6.45) is 4.68. The molecule has 0 radical (unpaired) electrons. The van der Waals surface area contributed by atoms with E-state index in [4.69, 9.17) is 4.74 Å². The smallest absolute Gasteiger partial charge is 0.329 e. The number of amides is 2. The lowest BCUT2D eigenvalue weighted by molar-refractivity contribution is -0.139. The van der Waals surface area contributed by atoms with Crippen molar-refractivity contribution in [2.45, 2.75) is 13.2 Å². The van der Waals surface area contributed by atoms with Crippen molar-refractivity contribution in [3.8, 4) is 5.75 Å². The van der Waals surface area contributed by atoms with E-state index in [1.54, 1.807) is 30.6 Å². The van der Waals surface area contributed by atoms with E-state index in [1.165, 1.54) is 6.21 Å². The number of carbonyl (C=O) groups is 2. The quantitative estimate of drug-likeness (QED) is 0.369. The Bertz CT molecular complexity index is 976. The number of benzene rings is 2. The van der Waals surface area contributed by atoms with Crippen LogP contribution >= 0.6 is 0 Å². The number of ether oxygens (including phenoxy) is 1. The SMILES string of the molecule is O=C(NCc1cccnc1)C(=O)NN=Cc1ccccc1OCc1ccccc1. The van der Waals surface area contributed by atoms with Crippen LogP contribution in [0, 0.1) is 0 Å². The number of pyridine rings is 1. The summed E-state index contributed by atoms with van der Waals surface area (Å²) in [6, 6.07) is 20.6. The third-order valence-corrected chi connectivity index (χ3v) is 3.91. The minimum absolute atomic E-state index is 0.208. The van der Waals surface area contributed by atoms with Gasteiger partial charge in [0.1, 0.15) is 12.4 Å². The first-order valence-electron chi connectivity index (χ1n) is 8.98. The van der Waals surface area contributed by atoms with Gasteiger partial charge in [0.25, 0.3) is 0 Å². The molecule has 2 aromatic carbocycles. The van der Waals surface area contributed by atoms with Gasteiger partial charge in [-0.25, -0.2) is 5.43 Å². The highest BCUT2D eigenvalue weighted by atomic mass is 16.5. The summed E-state index contributed by atoms with van der Waals surface area (Å²) in [6.45, 7) is 0.620. The van der Waals surface area contributed by atoms with E-state index in [0.717, 1.165) is 11.1 Å². The molecule has 7 nitrogen and oxygen atoms in total. The largest absolute Gasteiger partial charge is 0.488 e. The van der Waals surface area contributed by atoms with Gasteiger partial charge in [-0.1, -0.05) is 48.5 Å². The van der Waals surface area contributed by atoms with Gasteiger partial charge < -0.3 is 10.1 Å². The Kier molecular flexibility index (Phi) is 7.06. The molecule has 0 bridgehead atoms. The van der Waals surface area contributed by atoms with Crippen LogP contribution in [0.15, 0.2) is 84.2 Å². The third kappa shape index (κ3) is 6.28. The molecule has 29 heavy (non-hydrogen) atoms. The van der Waals surface area contributed by atoms with Gasteiger partial charge in [0, 0.05) is 24.5 Å². The Morgan fingerprint density at radius 1 is 0.931 bits per heavy atom. The highest BCUT2D eigenvalue weighted by molar-refractivity contribution is 6.35. The fourth-order valence-electron chi connectivity index (χ4n) is 2.43. The van der Waals surface area contributed by atoms with Gasteiger partial charge in [0.2, 0.25) is 0 Å². The lowest BCUT2D eigenvalue weighted by atomic mass is 10.2. The second-order valence-corrected chi connectivity index (χ2v) is 6.06. The van der Waals surface area contributed by atoms with Gasteiger partial charge in [0.15, 0.2) is 0 Å². The monoisotopic (exact) mass is 388 g/mol. The number of hydrogen-bond acceptors (Lipinski definition) is 5. The molecule has 0 aliphatic rings. The lowest BCUT2D eigenvalue weighted by Gasteiger charge is -2.09. The Morgan fingerprint density at radius 2 is 1.69 bits per heavy atom. The number of aromatic nitrogens is 1. The molecule has 2 N–H and O–H groups in total. The second-order valence-electron chi connectivity index (χ2n) is 6.06. The van der Waals surface area contributed by atoms with Gasteiger partial charge >= 0.3 is 11.8 Å². The van der Waals surface area contributed by atoms with E-state index in [1.807, 2.05) is 48.5 Å². The standard InChI is InChI=1S/C22H20N4O3/c27-21(24-14-18-9-6-12-23-13-18)22(28)26-25-15-19-10-4-5-11-20(19)29-16-17-7-2-1-3-8-17/h1-13,15H,14,16H2,(H,24,27)(H,26,28). The zero-order valence-corrected chi connectivity index (χ0v) is 15.6. The Hall–Kier alpha value is -4.00.